The van der Waals surface area contributed by atoms with E-state index in [0.717, 1.165) is 27.2 Å². The lowest BCUT2D eigenvalue weighted by Gasteiger charge is -2.35. The average molecular weight is 384 g/mol. The molecule has 2 N–H and O–H groups in total. The molecule has 1 saturated heterocycles. The molecule has 1 aliphatic rings. The number of hydrogen-bond donors (Lipinski definition) is 2. The van der Waals surface area contributed by atoms with Gasteiger partial charge in [-0.25, -0.2) is 0 Å². The molecule has 0 spiro atoms. The van der Waals surface area contributed by atoms with E-state index in [-0.39, 0.29) is 17.6 Å². The molecular weight excluding hydrogens is 366 g/mol. The summed E-state index contributed by atoms with van der Waals surface area (Å²) in [5.74, 6) is -0.138. The highest BCUT2D eigenvalue weighted by molar-refractivity contribution is 9.11. The van der Waals surface area contributed by atoms with Gasteiger partial charge in [0.1, 0.15) is 0 Å². The molecule has 1 fully saturated rings. The van der Waals surface area contributed by atoms with Crippen molar-refractivity contribution in [3.8, 4) is 10.6 Å². The van der Waals surface area contributed by atoms with Gasteiger partial charge < -0.3 is 10.1 Å². The average Bonchev–Trinajstić information content (AvgIpc) is 3.05. The van der Waals surface area contributed by atoms with Crippen molar-refractivity contribution in [2.75, 3.05) is 6.61 Å². The molecule has 3 rings (SSSR count). The lowest BCUT2D eigenvalue weighted by Crippen LogP contribution is -2.45. The quantitative estimate of drug-likeness (QED) is 0.850. The Bertz CT molecular complexity index is 680. The van der Waals surface area contributed by atoms with Crippen LogP contribution < -0.4 is 5.32 Å². The van der Waals surface area contributed by atoms with Gasteiger partial charge in [-0.1, -0.05) is 0 Å². The van der Waals surface area contributed by atoms with Gasteiger partial charge in [0, 0.05) is 12.6 Å². The number of carbonyl (C=O) groups is 1. The van der Waals surface area contributed by atoms with Crippen molar-refractivity contribution in [3.63, 3.8) is 0 Å². The summed E-state index contributed by atoms with van der Waals surface area (Å²) < 4.78 is 6.72. The van der Waals surface area contributed by atoms with E-state index in [2.05, 4.69) is 31.4 Å². The van der Waals surface area contributed by atoms with Crippen LogP contribution in [0.4, 0.5) is 0 Å². The van der Waals surface area contributed by atoms with Crippen LogP contribution in [0.5, 0.6) is 0 Å². The first kappa shape index (κ1) is 15.7. The fourth-order valence-electron chi connectivity index (χ4n) is 2.64. The number of rotatable bonds is 3. The first-order chi connectivity index (χ1) is 10.4. The Hall–Kier alpha value is -1.18. The van der Waals surface area contributed by atoms with Crippen molar-refractivity contribution in [2.45, 2.75) is 38.3 Å². The summed E-state index contributed by atoms with van der Waals surface area (Å²) in [7, 11) is 0. The zero-order valence-electron chi connectivity index (χ0n) is 12.5. The van der Waals surface area contributed by atoms with E-state index in [4.69, 9.17) is 4.74 Å². The molecule has 2 aromatic rings. The molecular formula is C15H18BrN3O2S. The number of hydrogen-bond acceptors (Lipinski definition) is 4. The third kappa shape index (κ3) is 3.59. The van der Waals surface area contributed by atoms with Crippen molar-refractivity contribution in [2.24, 2.45) is 0 Å². The van der Waals surface area contributed by atoms with Crippen molar-refractivity contribution in [1.82, 2.24) is 15.5 Å². The Morgan fingerprint density at radius 1 is 1.55 bits per heavy atom. The van der Waals surface area contributed by atoms with Gasteiger partial charge in [-0.3, -0.25) is 9.89 Å². The van der Waals surface area contributed by atoms with Crippen LogP contribution in [-0.4, -0.2) is 34.4 Å². The molecule has 2 aromatic heterocycles. The summed E-state index contributed by atoms with van der Waals surface area (Å²) in [5.41, 5.74) is 1.09. The molecule has 0 saturated carbocycles. The topological polar surface area (TPSA) is 67.0 Å². The van der Waals surface area contributed by atoms with Gasteiger partial charge >= 0.3 is 0 Å². The van der Waals surface area contributed by atoms with E-state index < -0.39 is 0 Å². The number of aromatic amines is 1. The largest absolute Gasteiger partial charge is 0.375 e. The SMILES string of the molecule is CC1(C)C[C@@H](NC(=O)c2cc(-c3ccc(Br)s3)[nH]n2)CCO1. The van der Waals surface area contributed by atoms with E-state index in [1.54, 1.807) is 17.4 Å². The number of ether oxygens (including phenoxy) is 1. The number of H-pyrrole nitrogens is 1. The van der Waals surface area contributed by atoms with E-state index >= 15 is 0 Å². The minimum absolute atomic E-state index is 0.132. The van der Waals surface area contributed by atoms with Crippen LogP contribution in [0, 0.1) is 0 Å². The molecule has 0 bridgehead atoms. The maximum absolute atomic E-state index is 12.3. The summed E-state index contributed by atoms with van der Waals surface area (Å²) in [6, 6.07) is 5.89. The van der Waals surface area contributed by atoms with Crippen LogP contribution in [0.25, 0.3) is 10.6 Å². The van der Waals surface area contributed by atoms with Gasteiger partial charge in [0.25, 0.3) is 5.91 Å². The highest BCUT2D eigenvalue weighted by atomic mass is 79.9. The standard InChI is InChI=1S/C15H18BrN3O2S/c1-15(2)8-9(5-6-21-15)17-14(20)11-7-10(18-19-11)12-3-4-13(16)22-12/h3-4,7,9H,5-6,8H2,1-2H3,(H,17,20)(H,18,19)/t9-/m0/s1. The van der Waals surface area contributed by atoms with Gasteiger partial charge in [0.2, 0.25) is 0 Å². The van der Waals surface area contributed by atoms with Gasteiger partial charge in [0.05, 0.1) is 20.0 Å². The van der Waals surface area contributed by atoms with Gasteiger partial charge in [-0.2, -0.15) is 5.10 Å². The zero-order chi connectivity index (χ0) is 15.7. The van der Waals surface area contributed by atoms with Crippen molar-refractivity contribution in [1.29, 1.82) is 0 Å². The Balaban J connectivity index is 1.67. The smallest absolute Gasteiger partial charge is 0.272 e. The summed E-state index contributed by atoms with van der Waals surface area (Å²) in [6.45, 7) is 4.77. The predicted molar refractivity (Wildman–Crippen MR) is 90.1 cm³/mol. The molecule has 1 atom stereocenters. The van der Waals surface area contributed by atoms with Gasteiger partial charge in [0.15, 0.2) is 5.69 Å². The third-order valence-corrected chi connectivity index (χ3v) is 5.34. The number of nitrogens with zero attached hydrogens (tertiary/aromatic N) is 1. The van der Waals surface area contributed by atoms with Crippen molar-refractivity contribution < 1.29 is 9.53 Å². The molecule has 3 heterocycles. The van der Waals surface area contributed by atoms with Gasteiger partial charge in [-0.15, -0.1) is 11.3 Å². The zero-order valence-corrected chi connectivity index (χ0v) is 14.9. The van der Waals surface area contributed by atoms with E-state index in [9.17, 15) is 4.79 Å². The van der Waals surface area contributed by atoms with Crippen LogP contribution >= 0.6 is 27.3 Å². The lowest BCUT2D eigenvalue weighted by molar-refractivity contribution is -0.0615. The molecule has 0 aromatic carbocycles. The number of carbonyl (C=O) groups excluding carboxylic acids is 1. The normalized spacial score (nSPS) is 20.8. The number of aromatic nitrogens is 2. The molecule has 22 heavy (non-hydrogen) atoms. The summed E-state index contributed by atoms with van der Waals surface area (Å²) in [4.78, 5) is 13.4. The first-order valence-corrected chi connectivity index (χ1v) is 8.80. The maximum Gasteiger partial charge on any atom is 0.272 e. The van der Waals surface area contributed by atoms with E-state index in [1.165, 1.54) is 0 Å². The van der Waals surface area contributed by atoms with Crippen LogP contribution in [0.15, 0.2) is 22.0 Å². The summed E-state index contributed by atoms with van der Waals surface area (Å²) in [6.07, 6.45) is 1.65. The second kappa shape index (κ2) is 6.14. The molecule has 7 heteroatoms. The highest BCUT2D eigenvalue weighted by Crippen LogP contribution is 2.30. The minimum Gasteiger partial charge on any atom is -0.375 e. The number of amides is 1. The second-order valence-corrected chi connectivity index (χ2v) is 8.50. The van der Waals surface area contributed by atoms with Crippen LogP contribution in [-0.2, 0) is 4.74 Å². The van der Waals surface area contributed by atoms with Crippen LogP contribution in [0.1, 0.15) is 37.2 Å². The van der Waals surface area contributed by atoms with E-state index in [0.29, 0.717) is 12.3 Å². The van der Waals surface area contributed by atoms with Crippen LogP contribution in [0.3, 0.4) is 0 Å². The molecule has 118 valence electrons. The molecule has 0 aliphatic carbocycles. The number of nitrogens with one attached hydrogen (secondary N) is 2. The lowest BCUT2D eigenvalue weighted by atomic mass is 9.94. The second-order valence-electron chi connectivity index (χ2n) is 6.04. The molecule has 1 aliphatic heterocycles. The Kier molecular flexibility index (Phi) is 4.38. The highest BCUT2D eigenvalue weighted by Gasteiger charge is 2.30. The molecule has 1 amide bonds. The molecule has 0 unspecified atom stereocenters. The fraction of sp³-hybridized carbons (Fsp3) is 0.467. The summed E-state index contributed by atoms with van der Waals surface area (Å²) in [5, 5.41) is 10.1. The maximum atomic E-state index is 12.3. The van der Waals surface area contributed by atoms with Crippen LogP contribution in [0.2, 0.25) is 0 Å². The molecule has 5 nitrogen and oxygen atoms in total. The first-order valence-electron chi connectivity index (χ1n) is 7.19. The Morgan fingerprint density at radius 3 is 3.05 bits per heavy atom. The van der Waals surface area contributed by atoms with Gasteiger partial charge in [-0.05, 0) is 60.8 Å². The number of halogens is 1. The predicted octanol–water partition coefficient (Wildman–Crippen LogP) is 3.59. The Labute approximate surface area is 141 Å². The summed E-state index contributed by atoms with van der Waals surface area (Å²) >= 11 is 5.03. The monoisotopic (exact) mass is 383 g/mol. The van der Waals surface area contributed by atoms with E-state index in [1.807, 2.05) is 26.0 Å². The third-order valence-electron chi connectivity index (χ3n) is 3.68. The number of thiophene rings is 1. The Morgan fingerprint density at radius 2 is 2.36 bits per heavy atom. The minimum atomic E-state index is -0.184. The molecule has 0 radical (unpaired) electrons. The van der Waals surface area contributed by atoms with Crippen molar-refractivity contribution in [3.05, 3.63) is 27.7 Å². The van der Waals surface area contributed by atoms with Crippen molar-refractivity contribution >= 4 is 33.2 Å². The fourth-order valence-corrected chi connectivity index (χ4v) is 3.99.